The van der Waals surface area contributed by atoms with Gasteiger partial charge in [0.25, 0.3) is 5.56 Å². The average molecular weight is 316 g/mol. The Hall–Kier alpha value is -1.33. The van der Waals surface area contributed by atoms with E-state index in [0.29, 0.717) is 10.8 Å². The van der Waals surface area contributed by atoms with Crippen molar-refractivity contribution in [3.8, 4) is 11.6 Å². The molecule has 1 aromatic heterocycles. The van der Waals surface area contributed by atoms with Gasteiger partial charge in [0.2, 0.25) is 5.88 Å². The number of benzene rings is 1. The second-order valence-electron chi connectivity index (χ2n) is 3.36. The Morgan fingerprint density at radius 1 is 1.47 bits per heavy atom. The molecule has 0 aliphatic heterocycles. The summed E-state index contributed by atoms with van der Waals surface area (Å²) in [5.74, 6) is 0.826. The fourth-order valence-electron chi connectivity index (χ4n) is 1.27. The summed E-state index contributed by atoms with van der Waals surface area (Å²) in [6, 6.07) is 5.22. The number of nitrogens with one attached hydrogen (secondary N) is 1. The molecule has 1 heterocycles. The van der Waals surface area contributed by atoms with Crippen molar-refractivity contribution < 1.29 is 4.74 Å². The third-order valence-electron chi connectivity index (χ3n) is 2.11. The lowest BCUT2D eigenvalue weighted by Gasteiger charge is -2.08. The Labute approximate surface area is 111 Å². The molecule has 88 valence electrons. The summed E-state index contributed by atoms with van der Waals surface area (Å²) < 4.78 is 5.80. The highest BCUT2D eigenvalue weighted by molar-refractivity contribution is 9.10. The first-order chi connectivity index (χ1) is 8.08. The van der Waals surface area contributed by atoms with Gasteiger partial charge in [0.05, 0.1) is 6.33 Å². The maximum absolute atomic E-state index is 11.3. The number of H-pyrrole nitrogens is 1. The van der Waals surface area contributed by atoms with Gasteiger partial charge in [-0.15, -0.1) is 0 Å². The zero-order valence-corrected chi connectivity index (χ0v) is 11.2. The zero-order valence-electron chi connectivity index (χ0n) is 8.83. The second kappa shape index (κ2) is 4.89. The van der Waals surface area contributed by atoms with Crippen LogP contribution in [0, 0.1) is 6.92 Å². The van der Waals surface area contributed by atoms with Crippen LogP contribution in [0.15, 0.2) is 33.8 Å². The van der Waals surface area contributed by atoms with Crippen LogP contribution in [0.25, 0.3) is 0 Å². The van der Waals surface area contributed by atoms with Gasteiger partial charge in [-0.2, -0.15) is 0 Å². The molecule has 0 saturated carbocycles. The van der Waals surface area contributed by atoms with E-state index in [1.54, 1.807) is 18.2 Å². The number of aromatic nitrogens is 2. The van der Waals surface area contributed by atoms with Gasteiger partial charge in [0.1, 0.15) is 10.2 Å². The lowest BCUT2D eigenvalue weighted by Crippen LogP contribution is -2.08. The lowest BCUT2D eigenvalue weighted by molar-refractivity contribution is 0.453. The molecule has 1 aromatic carbocycles. The minimum Gasteiger partial charge on any atom is -0.437 e. The van der Waals surface area contributed by atoms with Gasteiger partial charge in [-0.3, -0.25) is 4.79 Å². The van der Waals surface area contributed by atoms with Crippen molar-refractivity contribution in [2.24, 2.45) is 0 Å². The standard InChI is InChI=1S/C11H8BrClN2O2/c1-6-4-7(13)2-3-8(6)17-11-9(12)10(16)14-5-15-11/h2-5H,1H3,(H,14,15,16). The van der Waals surface area contributed by atoms with Gasteiger partial charge in [-0.05, 0) is 46.6 Å². The maximum Gasteiger partial charge on any atom is 0.268 e. The van der Waals surface area contributed by atoms with E-state index in [1.165, 1.54) is 6.33 Å². The average Bonchev–Trinajstić information content (AvgIpc) is 2.28. The largest absolute Gasteiger partial charge is 0.437 e. The quantitative estimate of drug-likeness (QED) is 0.925. The third-order valence-corrected chi connectivity index (χ3v) is 3.04. The van der Waals surface area contributed by atoms with Crippen LogP contribution in [0.4, 0.5) is 0 Å². The molecule has 0 aliphatic rings. The molecule has 0 atom stereocenters. The minimum absolute atomic E-state index is 0.221. The first kappa shape index (κ1) is 12.1. The summed E-state index contributed by atoms with van der Waals surface area (Å²) in [7, 11) is 0. The predicted molar refractivity (Wildman–Crippen MR) is 68.8 cm³/mol. The Morgan fingerprint density at radius 2 is 2.24 bits per heavy atom. The molecular weight excluding hydrogens is 307 g/mol. The molecule has 0 aliphatic carbocycles. The molecule has 17 heavy (non-hydrogen) atoms. The normalized spacial score (nSPS) is 10.3. The van der Waals surface area contributed by atoms with Gasteiger partial charge < -0.3 is 9.72 Å². The predicted octanol–water partition coefficient (Wildman–Crippen LogP) is 3.29. The van der Waals surface area contributed by atoms with Crippen LogP contribution in [-0.4, -0.2) is 9.97 Å². The highest BCUT2D eigenvalue weighted by atomic mass is 79.9. The number of aromatic amines is 1. The fourth-order valence-corrected chi connectivity index (χ4v) is 1.79. The number of hydrogen-bond acceptors (Lipinski definition) is 3. The van der Waals surface area contributed by atoms with Gasteiger partial charge in [0, 0.05) is 5.02 Å². The number of halogens is 2. The summed E-state index contributed by atoms with van der Waals surface area (Å²) in [4.78, 5) is 17.7. The van der Waals surface area contributed by atoms with Crippen molar-refractivity contribution in [3.05, 3.63) is 49.9 Å². The smallest absolute Gasteiger partial charge is 0.268 e. The summed E-state index contributed by atoms with van der Waals surface area (Å²) >= 11 is 8.96. The SMILES string of the molecule is Cc1cc(Cl)ccc1Oc1nc[nH]c(=O)c1Br. The summed E-state index contributed by atoms with van der Waals surface area (Å²) in [6.45, 7) is 1.86. The van der Waals surface area contributed by atoms with Crippen molar-refractivity contribution in [1.29, 1.82) is 0 Å². The van der Waals surface area contributed by atoms with E-state index in [9.17, 15) is 4.79 Å². The summed E-state index contributed by atoms with van der Waals surface area (Å²) in [5, 5.41) is 0.632. The Morgan fingerprint density at radius 3 is 2.94 bits per heavy atom. The molecule has 4 nitrogen and oxygen atoms in total. The van der Waals surface area contributed by atoms with Crippen molar-refractivity contribution in [1.82, 2.24) is 9.97 Å². The van der Waals surface area contributed by atoms with Gasteiger partial charge in [0.15, 0.2) is 0 Å². The van der Waals surface area contributed by atoms with Crippen LogP contribution in [0.3, 0.4) is 0 Å². The molecule has 0 unspecified atom stereocenters. The van der Waals surface area contributed by atoms with Crippen LogP contribution in [0.1, 0.15) is 5.56 Å². The van der Waals surface area contributed by atoms with E-state index in [4.69, 9.17) is 16.3 Å². The summed E-state index contributed by atoms with van der Waals surface area (Å²) in [6.07, 6.45) is 1.29. The maximum atomic E-state index is 11.3. The Kier molecular flexibility index (Phi) is 3.49. The number of nitrogens with zero attached hydrogens (tertiary/aromatic N) is 1. The molecule has 0 radical (unpaired) electrons. The topological polar surface area (TPSA) is 55.0 Å². The van der Waals surface area contributed by atoms with Crippen LogP contribution in [0.5, 0.6) is 11.6 Å². The van der Waals surface area contributed by atoms with Gasteiger partial charge in [-0.1, -0.05) is 11.6 Å². The monoisotopic (exact) mass is 314 g/mol. The third kappa shape index (κ3) is 2.68. The van der Waals surface area contributed by atoms with Gasteiger partial charge in [-0.25, -0.2) is 4.98 Å². The zero-order chi connectivity index (χ0) is 12.4. The molecule has 2 aromatic rings. The van der Waals surface area contributed by atoms with Crippen molar-refractivity contribution in [2.75, 3.05) is 0 Å². The molecular formula is C11H8BrClN2O2. The van der Waals surface area contributed by atoms with Crippen LogP contribution in [-0.2, 0) is 0 Å². The highest BCUT2D eigenvalue weighted by Gasteiger charge is 2.09. The fraction of sp³-hybridized carbons (Fsp3) is 0.0909. The van der Waals surface area contributed by atoms with E-state index in [-0.39, 0.29) is 15.9 Å². The van der Waals surface area contributed by atoms with E-state index in [0.717, 1.165) is 5.56 Å². The number of rotatable bonds is 2. The van der Waals surface area contributed by atoms with Crippen molar-refractivity contribution >= 4 is 27.5 Å². The lowest BCUT2D eigenvalue weighted by atomic mass is 10.2. The Balaban J connectivity index is 2.38. The van der Waals surface area contributed by atoms with E-state index >= 15 is 0 Å². The number of ether oxygens (including phenoxy) is 1. The first-order valence-corrected chi connectivity index (χ1v) is 5.92. The van der Waals surface area contributed by atoms with Crippen molar-refractivity contribution in [3.63, 3.8) is 0 Å². The van der Waals surface area contributed by atoms with Gasteiger partial charge >= 0.3 is 0 Å². The molecule has 0 spiro atoms. The number of hydrogen-bond donors (Lipinski definition) is 1. The molecule has 0 saturated heterocycles. The molecule has 1 N–H and O–H groups in total. The van der Waals surface area contributed by atoms with E-state index in [2.05, 4.69) is 25.9 Å². The molecule has 0 amide bonds. The van der Waals surface area contributed by atoms with E-state index < -0.39 is 0 Å². The van der Waals surface area contributed by atoms with Crippen molar-refractivity contribution in [2.45, 2.75) is 6.92 Å². The molecule has 0 fully saturated rings. The van der Waals surface area contributed by atoms with Crippen LogP contribution in [0.2, 0.25) is 5.02 Å². The number of aryl methyl sites for hydroxylation is 1. The molecule has 6 heteroatoms. The highest BCUT2D eigenvalue weighted by Crippen LogP contribution is 2.28. The van der Waals surface area contributed by atoms with Crippen LogP contribution >= 0.6 is 27.5 Å². The van der Waals surface area contributed by atoms with Crippen LogP contribution < -0.4 is 10.3 Å². The first-order valence-electron chi connectivity index (χ1n) is 4.75. The Bertz CT molecular complexity index is 613. The minimum atomic E-state index is -0.290. The summed E-state index contributed by atoms with van der Waals surface area (Å²) in [5.41, 5.74) is 0.577. The molecule has 2 rings (SSSR count). The molecule has 0 bridgehead atoms. The second-order valence-corrected chi connectivity index (χ2v) is 4.59. The van der Waals surface area contributed by atoms with E-state index in [1.807, 2.05) is 6.92 Å².